The molecule has 0 aliphatic rings. The Balaban J connectivity index is 4.98. The van der Waals surface area contributed by atoms with Gasteiger partial charge in [0.1, 0.15) is 0 Å². The minimum atomic E-state index is -0.368. The third kappa shape index (κ3) is 11.4. The van der Waals surface area contributed by atoms with Crippen molar-refractivity contribution in [2.24, 2.45) is 0 Å². The molecule has 0 aromatic carbocycles. The Labute approximate surface area is 192 Å². The Morgan fingerprint density at radius 3 is 1.28 bits per heavy atom. The lowest BCUT2D eigenvalue weighted by atomic mass is 10.1. The second kappa shape index (κ2) is 16.6. The number of hydrogen-bond acceptors (Lipinski definition) is 6. The molecule has 0 aromatic rings. The molecule has 0 amide bonds. The van der Waals surface area contributed by atoms with E-state index >= 15 is 0 Å². The maximum Gasteiger partial charge on any atom is 0.333 e. The van der Waals surface area contributed by atoms with E-state index in [1.165, 1.54) is 14.2 Å². The summed E-state index contributed by atoms with van der Waals surface area (Å²) in [5, 5.41) is 0. The van der Waals surface area contributed by atoms with Crippen molar-refractivity contribution in [1.29, 1.82) is 0 Å². The number of hydrogen-bond donors (Lipinski definition) is 0. The van der Waals surface area contributed by atoms with Gasteiger partial charge >= 0.3 is 11.9 Å². The van der Waals surface area contributed by atoms with Crippen LogP contribution in [0.3, 0.4) is 0 Å². The van der Waals surface area contributed by atoms with Crippen molar-refractivity contribution in [1.82, 2.24) is 0 Å². The van der Waals surface area contributed by atoms with Crippen LogP contribution in [0.25, 0.3) is 0 Å². The Morgan fingerprint density at radius 1 is 0.656 bits per heavy atom. The molecule has 0 aliphatic heterocycles. The minimum Gasteiger partial charge on any atom is -0.466 e. The molecule has 0 spiro atoms. The van der Waals surface area contributed by atoms with E-state index in [-0.39, 0.29) is 24.1 Å². The van der Waals surface area contributed by atoms with Crippen molar-refractivity contribution in [3.05, 3.63) is 46.6 Å². The smallest absolute Gasteiger partial charge is 0.333 e. The molecule has 0 saturated carbocycles. The van der Waals surface area contributed by atoms with Crippen LogP contribution in [0.1, 0.15) is 40.5 Å². The number of ether oxygens (including phenoxy) is 4. The van der Waals surface area contributed by atoms with Crippen LogP contribution in [-0.4, -0.2) is 52.6 Å². The molecule has 6 heteroatoms. The Morgan fingerprint density at radius 2 is 1.00 bits per heavy atom. The van der Waals surface area contributed by atoms with Gasteiger partial charge in [0.25, 0.3) is 0 Å². The molecule has 0 aliphatic carbocycles. The largest absolute Gasteiger partial charge is 0.466 e. The van der Waals surface area contributed by atoms with E-state index in [4.69, 9.17) is 9.47 Å². The zero-order valence-electron chi connectivity index (χ0n) is 20.3. The predicted molar refractivity (Wildman–Crippen MR) is 125 cm³/mol. The summed E-state index contributed by atoms with van der Waals surface area (Å²) in [6.07, 6.45) is 7.59. The van der Waals surface area contributed by atoms with Crippen LogP contribution in [0.5, 0.6) is 0 Å². The first-order chi connectivity index (χ1) is 15.2. The molecule has 174 valence electrons. The predicted octanol–water partition coefficient (Wildman–Crippen LogP) is 3.93. The van der Waals surface area contributed by atoms with E-state index in [1.54, 1.807) is 40.2 Å². The molecular formula is C26H34O6. The highest BCUT2D eigenvalue weighted by Gasteiger charge is 2.09. The second-order valence-electron chi connectivity index (χ2n) is 6.96. The van der Waals surface area contributed by atoms with Crippen LogP contribution in [0.4, 0.5) is 0 Å². The SMILES string of the molecule is COC(=O)/C(C)=C/C=C(/C)[C@@H](CC#CC#CC[C@@H](OC)/C(C)=C\C=C(/C)C(=O)OC)OC. The number of allylic oxidation sites excluding steroid dienone is 4. The summed E-state index contributed by atoms with van der Waals surface area (Å²) in [6.45, 7) is 7.20. The second-order valence-corrected chi connectivity index (χ2v) is 6.96. The fraction of sp³-hybridized carbons (Fsp3) is 0.462. The molecule has 0 rings (SSSR count). The summed E-state index contributed by atoms with van der Waals surface area (Å²) < 4.78 is 20.3. The number of esters is 2. The quantitative estimate of drug-likeness (QED) is 0.221. The van der Waals surface area contributed by atoms with E-state index < -0.39 is 0 Å². The van der Waals surface area contributed by atoms with Crippen molar-refractivity contribution in [2.75, 3.05) is 28.4 Å². The summed E-state index contributed by atoms with van der Waals surface area (Å²) in [7, 11) is 5.92. The molecule has 0 saturated heterocycles. The first kappa shape index (κ1) is 28.9. The van der Waals surface area contributed by atoms with Crippen molar-refractivity contribution in [2.45, 2.75) is 52.7 Å². The summed E-state index contributed by atoms with van der Waals surface area (Å²) >= 11 is 0. The van der Waals surface area contributed by atoms with Crippen LogP contribution < -0.4 is 0 Å². The van der Waals surface area contributed by atoms with Crippen LogP contribution in [-0.2, 0) is 28.5 Å². The molecule has 0 radical (unpaired) electrons. The molecular weight excluding hydrogens is 408 g/mol. The van der Waals surface area contributed by atoms with Gasteiger partial charge in [0, 0.05) is 38.2 Å². The third-order valence-corrected chi connectivity index (χ3v) is 4.61. The summed E-state index contributed by atoms with van der Waals surface area (Å²) in [6, 6.07) is 0. The van der Waals surface area contributed by atoms with Crippen molar-refractivity contribution in [3.63, 3.8) is 0 Å². The van der Waals surface area contributed by atoms with Crippen LogP contribution in [0, 0.1) is 23.7 Å². The molecule has 32 heavy (non-hydrogen) atoms. The zero-order chi connectivity index (χ0) is 24.5. The fourth-order valence-electron chi connectivity index (χ4n) is 2.42. The lowest BCUT2D eigenvalue weighted by Crippen LogP contribution is -2.11. The van der Waals surface area contributed by atoms with E-state index in [0.717, 1.165) is 11.1 Å². The average molecular weight is 443 g/mol. The lowest BCUT2D eigenvalue weighted by molar-refractivity contribution is -0.136. The molecule has 0 bridgehead atoms. The Kier molecular flexibility index (Phi) is 15.0. The maximum absolute atomic E-state index is 11.4. The van der Waals surface area contributed by atoms with Gasteiger partial charge in [-0.1, -0.05) is 36.1 Å². The van der Waals surface area contributed by atoms with E-state index in [1.807, 2.05) is 26.0 Å². The van der Waals surface area contributed by atoms with Crippen molar-refractivity contribution < 1.29 is 28.5 Å². The Hall–Kier alpha value is -3.06. The van der Waals surface area contributed by atoms with Crippen LogP contribution in [0.15, 0.2) is 46.6 Å². The fourth-order valence-corrected chi connectivity index (χ4v) is 2.42. The monoisotopic (exact) mass is 442 g/mol. The van der Waals surface area contributed by atoms with E-state index in [2.05, 4.69) is 33.2 Å². The zero-order valence-corrected chi connectivity index (χ0v) is 20.3. The molecule has 0 heterocycles. The maximum atomic E-state index is 11.4. The number of rotatable bonds is 10. The summed E-state index contributed by atoms with van der Waals surface area (Å²) in [5.41, 5.74) is 2.89. The highest BCUT2D eigenvalue weighted by Crippen LogP contribution is 2.11. The van der Waals surface area contributed by atoms with Gasteiger partial charge < -0.3 is 18.9 Å². The average Bonchev–Trinajstić information content (AvgIpc) is 2.81. The molecule has 0 unspecified atom stereocenters. The molecule has 0 fully saturated rings. The number of methoxy groups -OCH3 is 4. The van der Waals surface area contributed by atoms with Gasteiger partial charge in [0.05, 0.1) is 26.4 Å². The van der Waals surface area contributed by atoms with E-state index in [9.17, 15) is 9.59 Å². The van der Waals surface area contributed by atoms with Gasteiger partial charge in [-0.2, -0.15) is 0 Å². The first-order valence-electron chi connectivity index (χ1n) is 10.1. The molecule has 6 nitrogen and oxygen atoms in total. The number of carbonyl (C=O) groups is 2. The topological polar surface area (TPSA) is 71.1 Å². The van der Waals surface area contributed by atoms with Crippen LogP contribution in [0.2, 0.25) is 0 Å². The lowest BCUT2D eigenvalue weighted by Gasteiger charge is -2.12. The van der Waals surface area contributed by atoms with Crippen molar-refractivity contribution in [3.8, 4) is 23.7 Å². The normalized spacial score (nSPS) is 14.4. The van der Waals surface area contributed by atoms with Gasteiger partial charge in [-0.3, -0.25) is 0 Å². The molecule has 0 aromatic heterocycles. The Bertz CT molecular complexity index is 807. The van der Waals surface area contributed by atoms with Gasteiger partial charge in [0.15, 0.2) is 0 Å². The summed E-state index contributed by atoms with van der Waals surface area (Å²) in [4.78, 5) is 22.9. The number of carbonyl (C=O) groups excluding carboxylic acids is 2. The highest BCUT2D eigenvalue weighted by molar-refractivity contribution is 5.88. The minimum absolute atomic E-state index is 0.201. The van der Waals surface area contributed by atoms with Crippen molar-refractivity contribution >= 4 is 11.9 Å². The first-order valence-corrected chi connectivity index (χ1v) is 10.1. The summed E-state index contributed by atoms with van der Waals surface area (Å²) in [5.74, 6) is 10.9. The molecule has 2 atom stereocenters. The van der Waals surface area contributed by atoms with Gasteiger partial charge in [-0.05, 0) is 50.7 Å². The molecule has 0 N–H and O–H groups in total. The van der Waals surface area contributed by atoms with Gasteiger partial charge in [-0.25, -0.2) is 9.59 Å². The highest BCUT2D eigenvalue weighted by atomic mass is 16.5. The van der Waals surface area contributed by atoms with Gasteiger partial charge in [0.2, 0.25) is 0 Å². The van der Waals surface area contributed by atoms with E-state index in [0.29, 0.717) is 24.0 Å². The third-order valence-electron chi connectivity index (χ3n) is 4.61. The standard InChI is InChI=1S/C26H34O6/c1-19(15-17-21(3)25(27)31-7)23(29-5)13-11-9-10-12-14-24(30-6)20(2)16-18-22(4)26(28)32-8/h15-18,23-24H,13-14H2,1-8H3/b19-15-,20-16-,21-17+,22-18+/t23-,24-/m1/s1. The van der Waals surface area contributed by atoms with Gasteiger partial charge in [-0.15, -0.1) is 0 Å². The van der Waals surface area contributed by atoms with Crippen LogP contribution >= 0.6 is 0 Å².